The van der Waals surface area contributed by atoms with Crippen LogP contribution >= 0.6 is 0 Å². The topological polar surface area (TPSA) is 117 Å². The molecule has 0 unspecified atom stereocenters. The molecule has 3 rings (SSSR count). The van der Waals surface area contributed by atoms with E-state index in [2.05, 4.69) is 75.8 Å². The number of nitrogens with zero attached hydrogens (tertiary/aromatic N) is 1. The van der Waals surface area contributed by atoms with E-state index in [9.17, 15) is 18.0 Å². The summed E-state index contributed by atoms with van der Waals surface area (Å²) >= 11 is 0. The summed E-state index contributed by atoms with van der Waals surface area (Å²) in [5.41, 5.74) is 6.48. The number of anilines is 2. The van der Waals surface area contributed by atoms with E-state index in [0.29, 0.717) is 25.2 Å². The number of amides is 3. The highest BCUT2D eigenvalue weighted by atomic mass is 32.2. The molecule has 0 aliphatic rings. The number of ether oxygens (including phenoxy) is 1. The van der Waals surface area contributed by atoms with E-state index in [1.807, 2.05) is 6.92 Å². The van der Waals surface area contributed by atoms with Crippen LogP contribution in [0.1, 0.15) is 83.9 Å². The lowest BCUT2D eigenvalue weighted by atomic mass is 9.76. The third-order valence-electron chi connectivity index (χ3n) is 8.46. The van der Waals surface area contributed by atoms with E-state index in [0.717, 1.165) is 41.4 Å². The zero-order valence-electron chi connectivity index (χ0n) is 27.6. The second-order valence-corrected chi connectivity index (χ2v) is 14.3. The highest BCUT2D eigenvalue weighted by molar-refractivity contribution is 7.92. The Labute approximate surface area is 268 Å². The van der Waals surface area contributed by atoms with Gasteiger partial charge in [-0.05, 0) is 91.5 Å². The Kier molecular flexibility index (Phi) is 12.0. The molecular formula is C35H48N4O5S. The first kappa shape index (κ1) is 35.4. The fourth-order valence-electron chi connectivity index (χ4n) is 4.61. The van der Waals surface area contributed by atoms with Crippen molar-refractivity contribution in [1.82, 2.24) is 10.7 Å². The lowest BCUT2D eigenvalue weighted by Crippen LogP contribution is -2.42. The summed E-state index contributed by atoms with van der Waals surface area (Å²) in [6.45, 7) is 16.3. The van der Waals surface area contributed by atoms with Crippen LogP contribution in [0.25, 0.3) is 0 Å². The minimum atomic E-state index is -4.05. The van der Waals surface area contributed by atoms with Crippen molar-refractivity contribution in [3.63, 3.8) is 0 Å². The first-order valence-corrected chi connectivity index (χ1v) is 16.9. The fourth-order valence-corrected chi connectivity index (χ4v) is 5.88. The average molecular weight is 637 g/mol. The summed E-state index contributed by atoms with van der Waals surface area (Å²) in [5, 5.41) is 5.59. The van der Waals surface area contributed by atoms with Gasteiger partial charge in [0.05, 0.1) is 17.2 Å². The van der Waals surface area contributed by atoms with Crippen molar-refractivity contribution >= 4 is 33.8 Å². The monoisotopic (exact) mass is 636 g/mol. The fraction of sp³-hybridized carbons (Fsp3) is 0.429. The smallest absolute Gasteiger partial charge is 0.319 e. The van der Waals surface area contributed by atoms with Gasteiger partial charge in [0.1, 0.15) is 5.75 Å². The molecular weight excluding hydrogens is 588 g/mol. The van der Waals surface area contributed by atoms with E-state index in [4.69, 9.17) is 4.74 Å². The SMILES string of the molecule is CCC(C)(C)c1ccc(OCCCCNC(=O)Nc2ccc(N(NC=O)S(=O)(=O)c3ccc(C)cc3)cc2)c(C(C)(C)CC)c1. The van der Waals surface area contributed by atoms with Gasteiger partial charge < -0.3 is 15.4 Å². The summed E-state index contributed by atoms with van der Waals surface area (Å²) < 4.78 is 33.3. The Balaban J connectivity index is 1.51. The van der Waals surface area contributed by atoms with Crippen LogP contribution in [0.5, 0.6) is 5.75 Å². The number of hydrogen-bond acceptors (Lipinski definition) is 5. The summed E-state index contributed by atoms with van der Waals surface area (Å²) in [7, 11) is -4.05. The first-order valence-electron chi connectivity index (χ1n) is 15.5. The molecule has 0 bridgehead atoms. The third kappa shape index (κ3) is 9.23. The van der Waals surface area contributed by atoms with Crippen LogP contribution in [0.2, 0.25) is 0 Å². The summed E-state index contributed by atoms with van der Waals surface area (Å²) in [6.07, 6.45) is 3.87. The van der Waals surface area contributed by atoms with E-state index in [1.54, 1.807) is 24.3 Å². The van der Waals surface area contributed by atoms with E-state index in [1.165, 1.54) is 35.4 Å². The van der Waals surface area contributed by atoms with Crippen molar-refractivity contribution in [3.05, 3.63) is 83.4 Å². The van der Waals surface area contributed by atoms with Crippen molar-refractivity contribution in [2.24, 2.45) is 0 Å². The van der Waals surface area contributed by atoms with Gasteiger partial charge in [-0.1, -0.05) is 71.4 Å². The maximum Gasteiger partial charge on any atom is 0.319 e. The molecule has 0 saturated carbocycles. The Hall–Kier alpha value is -4.05. The highest BCUT2D eigenvalue weighted by Gasteiger charge is 2.27. The lowest BCUT2D eigenvalue weighted by Gasteiger charge is -2.30. The molecule has 3 N–H and O–H groups in total. The molecule has 3 aromatic carbocycles. The zero-order chi connectivity index (χ0) is 33.3. The molecule has 45 heavy (non-hydrogen) atoms. The lowest BCUT2D eigenvalue weighted by molar-refractivity contribution is -0.109. The van der Waals surface area contributed by atoms with Crippen LogP contribution in [-0.2, 0) is 25.6 Å². The summed E-state index contributed by atoms with van der Waals surface area (Å²) in [5.74, 6) is 0.917. The Morgan fingerprint density at radius 2 is 1.53 bits per heavy atom. The maximum absolute atomic E-state index is 13.1. The molecule has 0 fully saturated rings. The number of hydrogen-bond donors (Lipinski definition) is 3. The van der Waals surface area contributed by atoms with Crippen molar-refractivity contribution in [3.8, 4) is 5.75 Å². The maximum atomic E-state index is 13.1. The molecule has 3 amide bonds. The molecule has 3 aromatic rings. The number of nitrogens with one attached hydrogen (secondary N) is 3. The summed E-state index contributed by atoms with van der Waals surface area (Å²) in [4.78, 5) is 23.7. The van der Waals surface area contributed by atoms with Gasteiger partial charge in [0.25, 0.3) is 10.0 Å². The van der Waals surface area contributed by atoms with Gasteiger partial charge in [-0.2, -0.15) is 12.8 Å². The molecule has 0 spiro atoms. The van der Waals surface area contributed by atoms with Crippen LogP contribution in [-0.4, -0.2) is 34.0 Å². The number of benzene rings is 3. The minimum absolute atomic E-state index is 0.00829. The van der Waals surface area contributed by atoms with Crippen molar-refractivity contribution in [1.29, 1.82) is 0 Å². The van der Waals surface area contributed by atoms with E-state index < -0.39 is 10.0 Å². The number of carbonyl (C=O) groups excluding carboxylic acids is 2. The Morgan fingerprint density at radius 1 is 0.889 bits per heavy atom. The number of carbonyl (C=O) groups is 2. The minimum Gasteiger partial charge on any atom is -0.493 e. The largest absolute Gasteiger partial charge is 0.493 e. The van der Waals surface area contributed by atoms with Gasteiger partial charge in [0.2, 0.25) is 6.41 Å². The number of unbranched alkanes of at least 4 members (excludes halogenated alkanes) is 1. The molecule has 0 atom stereocenters. The highest BCUT2D eigenvalue weighted by Crippen LogP contribution is 2.38. The molecule has 0 aliphatic carbocycles. The van der Waals surface area contributed by atoms with Crippen LogP contribution < -0.4 is 25.2 Å². The van der Waals surface area contributed by atoms with Crippen LogP contribution in [0.15, 0.2) is 71.6 Å². The number of urea groups is 1. The molecule has 0 radical (unpaired) electrons. The van der Waals surface area contributed by atoms with Crippen LogP contribution in [0.4, 0.5) is 16.2 Å². The van der Waals surface area contributed by atoms with Gasteiger partial charge in [-0.25, -0.2) is 4.79 Å². The van der Waals surface area contributed by atoms with Gasteiger partial charge >= 0.3 is 6.03 Å². The van der Waals surface area contributed by atoms with Crippen molar-refractivity contribution < 1.29 is 22.7 Å². The molecule has 0 saturated heterocycles. The number of aryl methyl sites for hydroxylation is 1. The Morgan fingerprint density at radius 3 is 2.13 bits per heavy atom. The van der Waals surface area contributed by atoms with Gasteiger partial charge in [-0.15, -0.1) is 0 Å². The standard InChI is InChI=1S/C35H48N4O5S/c1-8-34(4,5)27-14-21-32(31(24-27)35(6,7)9-2)44-23-11-10-22-36-33(41)38-28-15-17-29(18-16-28)39(37-25-40)45(42,43)30-19-12-26(3)13-20-30/h12-21,24-25H,8-11,22-23H2,1-7H3,(H,37,40)(H2,36,38,41). The predicted molar refractivity (Wildman–Crippen MR) is 181 cm³/mol. The number of sulfonamides is 1. The number of hydrazine groups is 1. The molecule has 0 aromatic heterocycles. The molecule has 10 heteroatoms. The predicted octanol–water partition coefficient (Wildman–Crippen LogP) is 7.21. The zero-order valence-corrected chi connectivity index (χ0v) is 28.4. The van der Waals surface area contributed by atoms with Gasteiger partial charge in [0.15, 0.2) is 0 Å². The van der Waals surface area contributed by atoms with Crippen LogP contribution in [0.3, 0.4) is 0 Å². The average Bonchev–Trinajstić information content (AvgIpc) is 3.02. The molecule has 9 nitrogen and oxygen atoms in total. The van der Waals surface area contributed by atoms with Gasteiger partial charge in [-0.3, -0.25) is 10.2 Å². The van der Waals surface area contributed by atoms with E-state index >= 15 is 0 Å². The van der Waals surface area contributed by atoms with Crippen LogP contribution in [0, 0.1) is 6.92 Å². The van der Waals surface area contributed by atoms with Crippen molar-refractivity contribution in [2.45, 2.75) is 89.9 Å². The van der Waals surface area contributed by atoms with E-state index in [-0.39, 0.29) is 27.4 Å². The first-order chi connectivity index (χ1) is 21.2. The normalized spacial score (nSPS) is 11.9. The molecule has 0 aliphatic heterocycles. The second-order valence-electron chi connectivity index (χ2n) is 12.5. The second kappa shape index (κ2) is 15.3. The number of rotatable bonds is 16. The Bertz CT molecular complexity index is 1540. The van der Waals surface area contributed by atoms with Crippen molar-refractivity contribution in [2.75, 3.05) is 22.9 Å². The third-order valence-corrected chi connectivity index (χ3v) is 10.1. The van der Waals surface area contributed by atoms with Gasteiger partial charge in [0, 0.05) is 17.8 Å². The molecule has 0 heterocycles. The molecule has 244 valence electrons. The summed E-state index contributed by atoms with van der Waals surface area (Å²) in [6, 6.07) is 18.7. The quantitative estimate of drug-likeness (QED) is 0.0873.